The maximum Gasteiger partial charge on any atom is 0.214 e. The van der Waals surface area contributed by atoms with Crippen LogP contribution in [-0.4, -0.2) is 42.0 Å². The zero-order valence-corrected chi connectivity index (χ0v) is 16.2. The lowest BCUT2D eigenvalue weighted by Crippen LogP contribution is -2.34. The molecule has 1 fully saturated rings. The molecule has 0 spiro atoms. The lowest BCUT2D eigenvalue weighted by Gasteiger charge is -2.27. The highest BCUT2D eigenvalue weighted by molar-refractivity contribution is 7.89. The minimum absolute atomic E-state index is 0. The van der Waals surface area contributed by atoms with Crippen LogP contribution in [0.4, 0.5) is 0 Å². The minimum atomic E-state index is -3.01. The molecule has 7 heteroatoms. The Morgan fingerprint density at radius 3 is 2.85 bits per heavy atom. The fourth-order valence-electron chi connectivity index (χ4n) is 2.75. The van der Waals surface area contributed by atoms with Crippen molar-refractivity contribution in [2.75, 3.05) is 19.3 Å². The van der Waals surface area contributed by atoms with Gasteiger partial charge in [0.05, 0.1) is 11.3 Å². The van der Waals surface area contributed by atoms with Crippen LogP contribution in [-0.2, 0) is 10.0 Å². The van der Waals surface area contributed by atoms with E-state index in [9.17, 15) is 8.42 Å². The van der Waals surface area contributed by atoms with Crippen LogP contribution in [0.3, 0.4) is 0 Å². The van der Waals surface area contributed by atoms with Gasteiger partial charge in [0.15, 0.2) is 0 Å². The highest BCUT2D eigenvalue weighted by atomic mass is 32.2. The number of aromatic amines is 1. The fraction of sp³-hybridized carbons (Fsp3) is 0.474. The van der Waals surface area contributed by atoms with Gasteiger partial charge in [0.2, 0.25) is 10.0 Å². The largest absolute Gasteiger partial charge is 0.346 e. The second kappa shape index (κ2) is 8.97. The molecule has 1 N–H and O–H groups in total. The van der Waals surface area contributed by atoms with Crippen molar-refractivity contribution in [3.8, 4) is 6.07 Å². The van der Waals surface area contributed by atoms with Crippen LogP contribution in [0, 0.1) is 24.2 Å². The molecule has 2 aromatic heterocycles. The van der Waals surface area contributed by atoms with Gasteiger partial charge >= 0.3 is 0 Å². The van der Waals surface area contributed by atoms with Crippen molar-refractivity contribution in [2.45, 2.75) is 32.6 Å². The first-order valence-corrected chi connectivity index (χ1v) is 10.4. The summed E-state index contributed by atoms with van der Waals surface area (Å²) in [4.78, 5) is 7.09. The van der Waals surface area contributed by atoms with Crippen molar-refractivity contribution < 1.29 is 9.84 Å². The molecular weight excluding hydrogens is 348 g/mol. The van der Waals surface area contributed by atoms with E-state index in [-0.39, 0.29) is 1.43 Å². The molecule has 142 valence electrons. The molecule has 0 saturated heterocycles. The second-order valence-corrected chi connectivity index (χ2v) is 8.74. The Labute approximate surface area is 157 Å². The number of aryl methyl sites for hydroxylation is 1. The molecule has 0 aromatic carbocycles. The summed E-state index contributed by atoms with van der Waals surface area (Å²) in [5, 5.41) is 9.74. The highest BCUT2D eigenvalue weighted by Crippen LogP contribution is 2.28. The van der Waals surface area contributed by atoms with Crippen molar-refractivity contribution in [2.24, 2.45) is 5.92 Å². The first-order valence-electron chi connectivity index (χ1n) is 8.76. The van der Waals surface area contributed by atoms with Crippen molar-refractivity contribution >= 4 is 21.1 Å². The van der Waals surface area contributed by atoms with Crippen LogP contribution in [0.5, 0.6) is 0 Å². The predicted octanol–water partition coefficient (Wildman–Crippen LogP) is 3.61. The van der Waals surface area contributed by atoms with E-state index in [0.29, 0.717) is 23.8 Å². The van der Waals surface area contributed by atoms with Gasteiger partial charge in [-0.05, 0) is 43.7 Å². The number of nitriles is 1. The number of fused-ring (bicyclic) bond motifs is 1. The van der Waals surface area contributed by atoms with Crippen LogP contribution in [0.15, 0.2) is 31.1 Å². The van der Waals surface area contributed by atoms with Crippen LogP contribution in [0.2, 0.25) is 0 Å². The number of aromatic nitrogens is 2. The molecule has 1 aliphatic rings. The van der Waals surface area contributed by atoms with Crippen molar-refractivity contribution in [1.29, 1.82) is 5.26 Å². The van der Waals surface area contributed by atoms with Gasteiger partial charge in [-0.25, -0.2) is 17.7 Å². The monoisotopic (exact) mass is 376 g/mol. The maximum atomic E-state index is 11.7. The van der Waals surface area contributed by atoms with E-state index >= 15 is 0 Å². The summed E-state index contributed by atoms with van der Waals surface area (Å²) in [5.41, 5.74) is 2.47. The van der Waals surface area contributed by atoms with Crippen LogP contribution >= 0.6 is 0 Å². The molecule has 0 unspecified atom stereocenters. The number of pyridine rings is 1. The van der Waals surface area contributed by atoms with E-state index in [1.165, 1.54) is 10.7 Å². The van der Waals surface area contributed by atoms with E-state index < -0.39 is 10.0 Å². The average Bonchev–Trinajstić information content (AvgIpc) is 3.06. The molecule has 1 aliphatic carbocycles. The molecular formula is C19H28N4O2S. The average molecular weight is 377 g/mol. The SMILES string of the molecule is C=CCCN(C)S(=O)(=O)CC1CCC1.Cc1c(C#N)cnc2[nH]ccc12.[HH]. The van der Waals surface area contributed by atoms with Crippen LogP contribution in [0.1, 0.15) is 38.2 Å². The Morgan fingerprint density at radius 1 is 1.54 bits per heavy atom. The lowest BCUT2D eigenvalue weighted by atomic mass is 9.87. The van der Waals surface area contributed by atoms with Crippen molar-refractivity contribution in [1.82, 2.24) is 14.3 Å². The number of hydrogen-bond acceptors (Lipinski definition) is 4. The molecule has 0 aliphatic heterocycles. The van der Waals surface area contributed by atoms with Gasteiger partial charge in [0, 0.05) is 32.8 Å². The van der Waals surface area contributed by atoms with Crippen LogP contribution < -0.4 is 0 Å². The Morgan fingerprint density at radius 2 is 2.27 bits per heavy atom. The Balaban J connectivity index is 0.000000262. The van der Waals surface area contributed by atoms with Gasteiger partial charge in [-0.2, -0.15) is 5.26 Å². The summed E-state index contributed by atoms with van der Waals surface area (Å²) in [6.07, 6.45) is 9.23. The second-order valence-electron chi connectivity index (χ2n) is 6.62. The predicted molar refractivity (Wildman–Crippen MR) is 106 cm³/mol. The standard InChI is InChI=1S/C10H19NO2S.C9H7N3.H2/c1-3-4-8-11(2)14(12,13)9-10-6-5-7-10;1-6-7(4-10)5-12-9-8(6)2-3-11-9;/h3,10H,1,4-9H2,2H3;2-3,5H,1H3,(H,11,12);1H. The molecule has 2 aromatic rings. The molecule has 2 heterocycles. The Hall–Kier alpha value is -2.17. The molecule has 1 saturated carbocycles. The summed E-state index contributed by atoms with van der Waals surface area (Å²) in [5.74, 6) is 0.742. The zero-order chi connectivity index (χ0) is 19.2. The summed E-state index contributed by atoms with van der Waals surface area (Å²) in [6.45, 7) is 6.06. The number of sulfonamides is 1. The number of hydrogen-bond donors (Lipinski definition) is 1. The molecule has 6 nitrogen and oxygen atoms in total. The third-order valence-electron chi connectivity index (χ3n) is 4.77. The molecule has 26 heavy (non-hydrogen) atoms. The van der Waals surface area contributed by atoms with E-state index in [2.05, 4.69) is 22.6 Å². The number of nitrogens with one attached hydrogen (secondary N) is 1. The smallest absolute Gasteiger partial charge is 0.214 e. The van der Waals surface area contributed by atoms with E-state index in [1.807, 2.05) is 19.2 Å². The first-order chi connectivity index (χ1) is 12.4. The van der Waals surface area contributed by atoms with E-state index in [0.717, 1.165) is 35.9 Å². The normalized spacial score (nSPS) is 14.4. The third-order valence-corrected chi connectivity index (χ3v) is 6.80. The van der Waals surface area contributed by atoms with E-state index in [1.54, 1.807) is 19.3 Å². The number of rotatable bonds is 6. The van der Waals surface area contributed by atoms with Crippen molar-refractivity contribution in [3.63, 3.8) is 0 Å². The van der Waals surface area contributed by atoms with Crippen molar-refractivity contribution in [3.05, 3.63) is 42.2 Å². The van der Waals surface area contributed by atoms with Gasteiger partial charge in [0.1, 0.15) is 11.7 Å². The maximum absolute atomic E-state index is 11.7. The number of nitrogens with zero attached hydrogens (tertiary/aromatic N) is 3. The lowest BCUT2D eigenvalue weighted by molar-refractivity contribution is 0.340. The topological polar surface area (TPSA) is 89.8 Å². The Bertz CT molecular complexity index is 898. The summed E-state index contributed by atoms with van der Waals surface area (Å²) in [7, 11) is -1.36. The van der Waals surface area contributed by atoms with Gasteiger partial charge in [0.25, 0.3) is 0 Å². The quantitative estimate of drug-likeness (QED) is 0.780. The summed E-state index contributed by atoms with van der Waals surface area (Å²) in [6, 6.07) is 4.03. The van der Waals surface area contributed by atoms with Gasteiger partial charge in [-0.1, -0.05) is 12.5 Å². The minimum Gasteiger partial charge on any atom is -0.346 e. The van der Waals surface area contributed by atoms with Gasteiger partial charge < -0.3 is 4.98 Å². The molecule has 0 amide bonds. The van der Waals surface area contributed by atoms with Gasteiger partial charge in [-0.3, -0.25) is 0 Å². The van der Waals surface area contributed by atoms with Crippen LogP contribution in [0.25, 0.3) is 11.0 Å². The Kier molecular flexibility index (Phi) is 6.95. The molecule has 0 radical (unpaired) electrons. The third kappa shape index (κ3) is 4.93. The summed E-state index contributed by atoms with van der Waals surface area (Å²) < 4.78 is 24.9. The fourth-order valence-corrected chi connectivity index (χ4v) is 4.32. The number of H-pyrrole nitrogens is 1. The highest BCUT2D eigenvalue weighted by Gasteiger charge is 2.26. The first kappa shape index (κ1) is 20.1. The summed E-state index contributed by atoms with van der Waals surface area (Å²) >= 11 is 0. The molecule has 0 atom stereocenters. The van der Waals surface area contributed by atoms with Gasteiger partial charge in [-0.15, -0.1) is 6.58 Å². The van der Waals surface area contributed by atoms with E-state index in [4.69, 9.17) is 5.26 Å². The molecule has 0 bridgehead atoms. The molecule has 3 rings (SSSR count). The zero-order valence-electron chi connectivity index (χ0n) is 15.4.